The summed E-state index contributed by atoms with van der Waals surface area (Å²) in [5, 5.41) is 2.87. The Hall–Kier alpha value is -1.90. The van der Waals surface area contributed by atoms with E-state index >= 15 is 0 Å². The smallest absolute Gasteiger partial charge is 0.243 e. The van der Waals surface area contributed by atoms with Crippen LogP contribution in [0.3, 0.4) is 0 Å². The zero-order chi connectivity index (χ0) is 20.1. The zero-order valence-electron chi connectivity index (χ0n) is 15.6. The van der Waals surface area contributed by atoms with Crippen LogP contribution in [0, 0.1) is 0 Å². The molecule has 1 aliphatic heterocycles. The number of nitrogens with one attached hydrogen (secondary N) is 1. The summed E-state index contributed by atoms with van der Waals surface area (Å²) in [7, 11) is -2.15. The number of amides is 1. The van der Waals surface area contributed by atoms with Crippen LogP contribution in [0.2, 0.25) is 0 Å². The predicted molar refractivity (Wildman–Crippen MR) is 111 cm³/mol. The summed E-state index contributed by atoms with van der Waals surface area (Å²) in [6.45, 7) is 0.661. The minimum absolute atomic E-state index is 0.197. The van der Waals surface area contributed by atoms with Crippen molar-refractivity contribution in [2.75, 3.05) is 13.7 Å². The highest BCUT2D eigenvalue weighted by Gasteiger charge is 2.37. The maximum atomic E-state index is 13.1. The number of carbonyl (C=O) groups is 1. The number of methoxy groups -OCH3 is 1. The largest absolute Gasteiger partial charge is 0.497 e. The topological polar surface area (TPSA) is 75.7 Å². The second-order valence-corrected chi connectivity index (χ2v) is 9.46. The van der Waals surface area contributed by atoms with Gasteiger partial charge in [-0.3, -0.25) is 4.79 Å². The molecule has 0 aromatic heterocycles. The van der Waals surface area contributed by atoms with Gasteiger partial charge in [0, 0.05) is 17.6 Å². The monoisotopic (exact) mass is 466 g/mol. The Balaban J connectivity index is 1.74. The highest BCUT2D eigenvalue weighted by molar-refractivity contribution is 9.10. The van der Waals surface area contributed by atoms with Gasteiger partial charge >= 0.3 is 0 Å². The maximum Gasteiger partial charge on any atom is 0.243 e. The highest BCUT2D eigenvalue weighted by atomic mass is 79.9. The van der Waals surface area contributed by atoms with Gasteiger partial charge in [-0.25, -0.2) is 8.42 Å². The lowest BCUT2D eigenvalue weighted by Crippen LogP contribution is -2.51. The number of carbonyl (C=O) groups excluding carboxylic acids is 1. The summed E-state index contributed by atoms with van der Waals surface area (Å²) in [6.07, 6.45) is 2.08. The van der Waals surface area contributed by atoms with Crippen LogP contribution in [-0.2, 0) is 21.4 Å². The van der Waals surface area contributed by atoms with E-state index in [9.17, 15) is 13.2 Å². The molecule has 28 heavy (non-hydrogen) atoms. The highest BCUT2D eigenvalue weighted by Crippen LogP contribution is 2.26. The molecule has 2 aromatic rings. The third-order valence-corrected chi connectivity index (χ3v) is 7.23. The maximum absolute atomic E-state index is 13.1. The van der Waals surface area contributed by atoms with Gasteiger partial charge < -0.3 is 10.1 Å². The van der Waals surface area contributed by atoms with Crippen LogP contribution in [0.15, 0.2) is 57.9 Å². The third-order valence-electron chi connectivity index (χ3n) is 4.78. The first-order valence-electron chi connectivity index (χ1n) is 9.10. The first-order valence-corrected chi connectivity index (χ1v) is 11.3. The lowest BCUT2D eigenvalue weighted by atomic mass is 10.0. The number of halogens is 1. The van der Waals surface area contributed by atoms with E-state index in [2.05, 4.69) is 21.2 Å². The van der Waals surface area contributed by atoms with Gasteiger partial charge in [0.05, 0.1) is 12.0 Å². The fraction of sp³-hybridized carbons (Fsp3) is 0.350. The van der Waals surface area contributed by atoms with E-state index in [4.69, 9.17) is 4.74 Å². The molecule has 0 bridgehead atoms. The SMILES string of the molecule is COc1cccc(CNC(=O)[C@@H]2CCCCN2S(=O)(=O)c2ccc(Br)cc2)c1. The molecular formula is C20H23BrN2O4S. The molecule has 1 atom stereocenters. The van der Waals surface area contributed by atoms with Gasteiger partial charge in [0.25, 0.3) is 0 Å². The number of benzene rings is 2. The summed E-state index contributed by atoms with van der Waals surface area (Å²) < 4.78 is 33.5. The Morgan fingerprint density at radius 1 is 1.21 bits per heavy atom. The number of nitrogens with zero attached hydrogens (tertiary/aromatic N) is 1. The van der Waals surface area contributed by atoms with Gasteiger partial charge in [-0.15, -0.1) is 0 Å². The average Bonchev–Trinajstić information content (AvgIpc) is 2.72. The van der Waals surface area contributed by atoms with Gasteiger partial charge in [0.2, 0.25) is 15.9 Å². The molecule has 0 saturated carbocycles. The van der Waals surface area contributed by atoms with Gasteiger partial charge in [0.1, 0.15) is 11.8 Å². The molecule has 1 aliphatic rings. The Labute approximate surface area is 174 Å². The number of hydrogen-bond donors (Lipinski definition) is 1. The standard InChI is InChI=1S/C20H23BrN2O4S/c1-27-17-6-4-5-15(13-17)14-22-20(24)19-7-2-3-12-23(19)28(25,26)18-10-8-16(21)9-11-18/h4-6,8-11,13,19H,2-3,7,12,14H2,1H3,(H,22,24)/t19-/m0/s1. The average molecular weight is 467 g/mol. The van der Waals surface area contributed by atoms with Crippen molar-refractivity contribution < 1.29 is 17.9 Å². The molecule has 0 unspecified atom stereocenters. The number of ether oxygens (including phenoxy) is 1. The zero-order valence-corrected chi connectivity index (χ0v) is 18.0. The Bertz CT molecular complexity index is 931. The normalized spacial score (nSPS) is 17.9. The van der Waals surface area contributed by atoms with E-state index in [0.717, 1.165) is 22.9 Å². The summed E-state index contributed by atoms with van der Waals surface area (Å²) in [5.41, 5.74) is 0.894. The number of piperidine rings is 1. The molecule has 6 nitrogen and oxygen atoms in total. The van der Waals surface area contributed by atoms with E-state index in [1.165, 1.54) is 4.31 Å². The van der Waals surface area contributed by atoms with Gasteiger partial charge in [-0.1, -0.05) is 34.5 Å². The van der Waals surface area contributed by atoms with E-state index in [1.807, 2.05) is 24.3 Å². The molecule has 0 spiro atoms. The van der Waals surface area contributed by atoms with Crippen molar-refractivity contribution in [1.29, 1.82) is 0 Å². The van der Waals surface area contributed by atoms with Crippen molar-refractivity contribution >= 4 is 31.9 Å². The first kappa shape index (κ1) is 20.8. The Morgan fingerprint density at radius 2 is 1.96 bits per heavy atom. The fourth-order valence-electron chi connectivity index (χ4n) is 3.29. The molecule has 2 aromatic carbocycles. The third kappa shape index (κ3) is 4.74. The summed E-state index contributed by atoms with van der Waals surface area (Å²) in [5.74, 6) is 0.437. The molecule has 150 valence electrons. The van der Waals surface area contributed by atoms with E-state index in [-0.39, 0.29) is 10.8 Å². The van der Waals surface area contributed by atoms with Crippen molar-refractivity contribution in [3.8, 4) is 5.75 Å². The molecule has 1 saturated heterocycles. The molecule has 1 fully saturated rings. The second-order valence-electron chi connectivity index (χ2n) is 6.65. The lowest BCUT2D eigenvalue weighted by Gasteiger charge is -2.33. The van der Waals surface area contributed by atoms with Crippen LogP contribution < -0.4 is 10.1 Å². The molecule has 0 aliphatic carbocycles. The minimum Gasteiger partial charge on any atom is -0.497 e. The van der Waals surface area contributed by atoms with E-state index in [0.29, 0.717) is 25.3 Å². The molecular weight excluding hydrogens is 444 g/mol. The van der Waals surface area contributed by atoms with Crippen molar-refractivity contribution in [2.45, 2.75) is 36.7 Å². The molecule has 3 rings (SSSR count). The number of hydrogen-bond acceptors (Lipinski definition) is 4. The van der Waals surface area contributed by atoms with Crippen molar-refractivity contribution in [3.63, 3.8) is 0 Å². The van der Waals surface area contributed by atoms with Crippen LogP contribution in [0.25, 0.3) is 0 Å². The summed E-state index contributed by atoms with van der Waals surface area (Å²) in [4.78, 5) is 13.0. The van der Waals surface area contributed by atoms with Crippen molar-refractivity contribution in [2.24, 2.45) is 0 Å². The lowest BCUT2D eigenvalue weighted by molar-refractivity contribution is -0.125. The Kier molecular flexibility index (Phi) is 6.74. The Morgan fingerprint density at radius 3 is 2.68 bits per heavy atom. The fourth-order valence-corrected chi connectivity index (χ4v) is 5.21. The number of sulfonamides is 1. The van der Waals surface area contributed by atoms with E-state index < -0.39 is 16.1 Å². The van der Waals surface area contributed by atoms with Gasteiger partial charge in [0.15, 0.2) is 0 Å². The van der Waals surface area contributed by atoms with Crippen LogP contribution in [-0.4, -0.2) is 38.3 Å². The first-order chi connectivity index (χ1) is 13.4. The van der Waals surface area contributed by atoms with Gasteiger partial charge in [-0.2, -0.15) is 4.31 Å². The van der Waals surface area contributed by atoms with Crippen LogP contribution in [0.5, 0.6) is 5.75 Å². The molecule has 1 heterocycles. The predicted octanol–water partition coefficient (Wildman–Crippen LogP) is 3.32. The quantitative estimate of drug-likeness (QED) is 0.708. The summed E-state index contributed by atoms with van der Waals surface area (Å²) >= 11 is 3.31. The number of rotatable bonds is 6. The molecule has 8 heteroatoms. The molecule has 0 radical (unpaired) electrons. The minimum atomic E-state index is -3.73. The summed E-state index contributed by atoms with van der Waals surface area (Å²) in [6, 6.07) is 13.2. The molecule has 1 N–H and O–H groups in total. The second kappa shape index (κ2) is 9.07. The van der Waals surface area contributed by atoms with Crippen LogP contribution in [0.1, 0.15) is 24.8 Å². The van der Waals surface area contributed by atoms with Crippen LogP contribution >= 0.6 is 15.9 Å². The molecule has 1 amide bonds. The van der Waals surface area contributed by atoms with Crippen molar-refractivity contribution in [3.05, 3.63) is 58.6 Å². The van der Waals surface area contributed by atoms with E-state index in [1.54, 1.807) is 31.4 Å². The van der Waals surface area contributed by atoms with Gasteiger partial charge in [-0.05, 0) is 54.8 Å². The van der Waals surface area contributed by atoms with Crippen molar-refractivity contribution in [1.82, 2.24) is 9.62 Å². The van der Waals surface area contributed by atoms with Crippen LogP contribution in [0.4, 0.5) is 0 Å².